The number of rotatable bonds is 15. The van der Waals surface area contributed by atoms with Gasteiger partial charge in [0.1, 0.15) is 91.6 Å². The summed E-state index contributed by atoms with van der Waals surface area (Å²) in [4.78, 5) is 0. The normalized spacial score (nSPS) is 54.9. The topological polar surface area (TPSA) is 366 Å². The molecule has 0 spiro atoms. The first kappa shape index (κ1) is 57.5. The van der Waals surface area contributed by atoms with E-state index in [1.165, 1.54) is 12.5 Å². The Bertz CT molecular complexity index is 1920. The fourth-order valence-electron chi connectivity index (χ4n) is 15.0. The molecule has 5 saturated heterocycles. The van der Waals surface area contributed by atoms with Gasteiger partial charge in [-0.3, -0.25) is 0 Å². The summed E-state index contributed by atoms with van der Waals surface area (Å²) < 4.78 is 54.4. The van der Waals surface area contributed by atoms with Gasteiger partial charge in [0.15, 0.2) is 30.9 Å². The van der Waals surface area contributed by atoms with E-state index in [0.717, 1.165) is 32.1 Å². The average molecular weight is 1070 g/mol. The Balaban J connectivity index is 0.849. The number of ether oxygens (including phenoxy) is 9. The smallest absolute Gasteiger partial charge is 0.187 e. The summed E-state index contributed by atoms with van der Waals surface area (Å²) >= 11 is 0. The molecule has 426 valence electrons. The van der Waals surface area contributed by atoms with Gasteiger partial charge < -0.3 is 114 Å². The fraction of sp³-hybridized carbons (Fsp3) is 0.961. The van der Waals surface area contributed by atoms with Crippen LogP contribution in [0, 0.1) is 46.3 Å². The van der Waals surface area contributed by atoms with Gasteiger partial charge in [-0.25, -0.2) is 0 Å². The van der Waals surface area contributed by atoms with Crippen LogP contribution >= 0.6 is 0 Å². The van der Waals surface area contributed by atoms with Crippen molar-refractivity contribution in [3.05, 3.63) is 11.6 Å². The van der Waals surface area contributed by atoms with Gasteiger partial charge in [-0.1, -0.05) is 39.3 Å². The number of fused-ring (bicyclic) bond motifs is 7. The van der Waals surface area contributed by atoms with Crippen molar-refractivity contribution in [3.63, 3.8) is 0 Å². The van der Waals surface area contributed by atoms with Crippen LogP contribution in [0.2, 0.25) is 0 Å². The standard InChI is InChI=1S/C51H84O23/c1-20(19-66-45-39(61)37(59)34(56)29(16-52)69-45)8-13-51(65)21(2)32-28(74-51)15-27-25-7-6-23-14-24(9-11-49(23,4)26(25)10-12-50(27,32)5)68-48-44(73-46-40(62)36(58)33(55)22(3)67-46)42(64)43(31(18-54)71-48)72-47-41(63)38(60)35(57)30(17-53)70-47/h6,20-22,24-48,52-65H,7-19H2,1-5H3/t20-,21+,22+,24+,25?,26?,27?,28?,29-,30-,31-,32?,33+,34-,35-,36-,37+,38+,39-,40-,41-,42+,43-,44-,45-,46+,47+,48-,49+,50+,51-/m1/s1. The third-order valence-corrected chi connectivity index (χ3v) is 19.5. The molecule has 0 amide bonds. The molecular formula is C51H84O23. The van der Waals surface area contributed by atoms with Crippen molar-refractivity contribution < 1.29 is 114 Å². The van der Waals surface area contributed by atoms with Gasteiger partial charge in [0.2, 0.25) is 0 Å². The minimum Gasteiger partial charge on any atom is -0.394 e. The molecule has 0 radical (unpaired) electrons. The predicted octanol–water partition coefficient (Wildman–Crippen LogP) is -3.01. The van der Waals surface area contributed by atoms with E-state index >= 15 is 0 Å². The first-order valence-electron chi connectivity index (χ1n) is 26.9. The monoisotopic (exact) mass is 1060 g/mol. The average Bonchev–Trinajstić information content (AvgIpc) is 3.82. The highest BCUT2D eigenvalue weighted by Gasteiger charge is 2.68. The van der Waals surface area contributed by atoms with E-state index in [2.05, 4.69) is 26.8 Å². The zero-order chi connectivity index (χ0) is 53.5. The minimum atomic E-state index is -1.85. The van der Waals surface area contributed by atoms with Gasteiger partial charge in [0.25, 0.3) is 0 Å². The lowest BCUT2D eigenvalue weighted by Crippen LogP contribution is -2.67. The lowest BCUT2D eigenvalue weighted by molar-refractivity contribution is -0.389. The van der Waals surface area contributed by atoms with E-state index in [1.807, 2.05) is 6.92 Å². The third kappa shape index (κ3) is 10.2. The molecule has 31 atom stereocenters. The Labute approximate surface area is 430 Å². The SMILES string of the molecule is C[C@H](CC[C@@]1(O)OC2CC3C4CC=C5C[C@@H](O[C@@H]6O[C@H](CO)[C@@H](O[C@@H]7O[C@H](CO)[C@@H](O)[C@H](O)[C@H]7O)[C@H](O)[C@H]6O[C@@H]6O[C@@H](C)[C@H](O)[C@@H](O)[C@H]6O)CC[C@]5(C)C4CC[C@]3(C)C2[C@@H]1C)CO[C@@H]1O[C@H](CO)[C@@H](O)[C@H](O)[C@H]1O. The molecule has 14 N–H and O–H groups in total. The van der Waals surface area contributed by atoms with Crippen LogP contribution in [0.1, 0.15) is 92.4 Å². The van der Waals surface area contributed by atoms with E-state index in [4.69, 9.17) is 42.6 Å². The second-order valence-corrected chi connectivity index (χ2v) is 23.8. The Morgan fingerprint density at radius 2 is 1.22 bits per heavy atom. The van der Waals surface area contributed by atoms with Crippen LogP contribution in [0.15, 0.2) is 11.6 Å². The van der Waals surface area contributed by atoms with E-state index in [9.17, 15) is 71.5 Å². The molecule has 9 rings (SSSR count). The summed E-state index contributed by atoms with van der Waals surface area (Å²) in [6.45, 7) is 8.35. The molecule has 9 aliphatic rings. The number of aliphatic hydroxyl groups is 14. The third-order valence-electron chi connectivity index (χ3n) is 19.5. The predicted molar refractivity (Wildman–Crippen MR) is 250 cm³/mol. The maximum atomic E-state index is 12.1. The minimum absolute atomic E-state index is 0.0705. The van der Waals surface area contributed by atoms with Crippen molar-refractivity contribution >= 4 is 0 Å². The van der Waals surface area contributed by atoms with Crippen molar-refractivity contribution in [3.8, 4) is 0 Å². The Kier molecular flexibility index (Phi) is 17.4. The Hall–Kier alpha value is -1.18. The van der Waals surface area contributed by atoms with Gasteiger partial charge in [-0.2, -0.15) is 0 Å². The molecule has 0 aromatic rings. The number of hydrogen-bond donors (Lipinski definition) is 14. The van der Waals surface area contributed by atoms with Crippen LogP contribution in [0.4, 0.5) is 0 Å². The molecule has 5 heterocycles. The van der Waals surface area contributed by atoms with Crippen LogP contribution in [-0.4, -0.2) is 239 Å². The summed E-state index contributed by atoms with van der Waals surface area (Å²) in [6.07, 6.45) is -22.1. The number of aliphatic hydroxyl groups excluding tert-OH is 13. The maximum Gasteiger partial charge on any atom is 0.187 e. The highest BCUT2D eigenvalue weighted by molar-refractivity contribution is 5.26. The zero-order valence-electron chi connectivity index (χ0n) is 42.9. The van der Waals surface area contributed by atoms with Gasteiger partial charge in [0, 0.05) is 12.3 Å². The van der Waals surface area contributed by atoms with Crippen molar-refractivity contribution in [2.75, 3.05) is 26.4 Å². The Morgan fingerprint density at radius 1 is 0.635 bits per heavy atom. The molecule has 4 aliphatic carbocycles. The summed E-state index contributed by atoms with van der Waals surface area (Å²) in [7, 11) is 0. The molecular weight excluding hydrogens is 981 g/mol. The van der Waals surface area contributed by atoms with Gasteiger partial charge in [-0.15, -0.1) is 0 Å². The van der Waals surface area contributed by atoms with Crippen LogP contribution in [0.25, 0.3) is 0 Å². The summed E-state index contributed by atoms with van der Waals surface area (Å²) in [5, 5.41) is 148. The van der Waals surface area contributed by atoms with Crippen LogP contribution < -0.4 is 0 Å². The second kappa shape index (κ2) is 22.4. The molecule has 5 unspecified atom stereocenters. The molecule has 0 aromatic heterocycles. The summed E-state index contributed by atoms with van der Waals surface area (Å²) in [6, 6.07) is 0. The maximum absolute atomic E-state index is 12.1. The van der Waals surface area contributed by atoms with Crippen molar-refractivity contribution in [1.82, 2.24) is 0 Å². The van der Waals surface area contributed by atoms with Gasteiger partial charge >= 0.3 is 0 Å². The number of hydrogen-bond acceptors (Lipinski definition) is 23. The van der Waals surface area contributed by atoms with E-state index < -0.39 is 155 Å². The summed E-state index contributed by atoms with van der Waals surface area (Å²) in [5.41, 5.74) is 1.02. The van der Waals surface area contributed by atoms with Crippen LogP contribution in [0.5, 0.6) is 0 Å². The molecule has 23 heteroatoms. The van der Waals surface area contributed by atoms with Crippen LogP contribution in [-0.2, 0) is 42.6 Å². The van der Waals surface area contributed by atoms with Crippen molar-refractivity contribution in [2.24, 2.45) is 46.3 Å². The largest absolute Gasteiger partial charge is 0.394 e. The molecule has 8 fully saturated rings. The van der Waals surface area contributed by atoms with Crippen molar-refractivity contribution in [2.45, 2.75) is 233 Å². The van der Waals surface area contributed by atoms with Gasteiger partial charge in [-0.05, 0) is 98.7 Å². The lowest BCUT2D eigenvalue weighted by atomic mass is 9.47. The lowest BCUT2D eigenvalue weighted by Gasteiger charge is -2.58. The molecule has 0 aromatic carbocycles. The summed E-state index contributed by atoms with van der Waals surface area (Å²) in [5.74, 6) is -0.310. The molecule has 0 bridgehead atoms. The number of allylic oxidation sites excluding steroid dienone is 1. The van der Waals surface area contributed by atoms with Gasteiger partial charge in [0.05, 0.1) is 44.7 Å². The fourth-order valence-corrected chi connectivity index (χ4v) is 15.0. The molecule has 74 heavy (non-hydrogen) atoms. The van der Waals surface area contributed by atoms with E-state index in [-0.39, 0.29) is 41.3 Å². The highest BCUT2D eigenvalue weighted by atomic mass is 16.8. The van der Waals surface area contributed by atoms with E-state index in [0.29, 0.717) is 43.4 Å². The molecule has 5 aliphatic heterocycles. The second-order valence-electron chi connectivity index (χ2n) is 23.8. The molecule has 3 saturated carbocycles. The highest BCUT2D eigenvalue weighted by Crippen LogP contribution is 2.70. The molecule has 23 nitrogen and oxygen atoms in total. The quantitative estimate of drug-likeness (QED) is 0.0727. The van der Waals surface area contributed by atoms with E-state index in [1.54, 1.807) is 0 Å². The first-order valence-corrected chi connectivity index (χ1v) is 26.9. The van der Waals surface area contributed by atoms with Crippen molar-refractivity contribution in [1.29, 1.82) is 0 Å². The van der Waals surface area contributed by atoms with Crippen LogP contribution in [0.3, 0.4) is 0 Å². The zero-order valence-corrected chi connectivity index (χ0v) is 42.9. The Morgan fingerprint density at radius 3 is 1.86 bits per heavy atom. The first-order chi connectivity index (χ1) is 35.0.